The Morgan fingerprint density at radius 1 is 1.41 bits per heavy atom. The minimum Gasteiger partial charge on any atom is -0.444 e. The Balaban J connectivity index is 2.55. The highest BCUT2D eigenvalue weighted by molar-refractivity contribution is 7.80. The molecular formula is C12H24N2O2S. The third-order valence-corrected chi connectivity index (χ3v) is 3.14. The van der Waals surface area contributed by atoms with E-state index < -0.39 is 5.60 Å². The Labute approximate surface area is 110 Å². The Morgan fingerprint density at radius 2 is 2.00 bits per heavy atom. The topological polar surface area (TPSA) is 32.8 Å². The molecule has 0 bridgehead atoms. The van der Waals surface area contributed by atoms with E-state index >= 15 is 0 Å². The molecule has 1 unspecified atom stereocenters. The van der Waals surface area contributed by atoms with Crippen LogP contribution in [0.1, 0.15) is 34.6 Å². The van der Waals surface area contributed by atoms with Gasteiger partial charge in [-0.2, -0.15) is 12.6 Å². The summed E-state index contributed by atoms with van der Waals surface area (Å²) in [6, 6.07) is 0.174. The van der Waals surface area contributed by atoms with Gasteiger partial charge in [-0.1, -0.05) is 0 Å². The third kappa shape index (κ3) is 4.39. The smallest absolute Gasteiger partial charge is 0.410 e. The predicted molar refractivity (Wildman–Crippen MR) is 72.4 cm³/mol. The quantitative estimate of drug-likeness (QED) is 0.734. The van der Waals surface area contributed by atoms with E-state index in [1.54, 1.807) is 4.90 Å². The molecule has 0 aromatic carbocycles. The van der Waals surface area contributed by atoms with Crippen LogP contribution in [-0.2, 0) is 4.74 Å². The number of amides is 1. The molecule has 0 saturated carbocycles. The van der Waals surface area contributed by atoms with Crippen molar-refractivity contribution in [2.75, 3.05) is 19.6 Å². The molecule has 1 saturated heterocycles. The van der Waals surface area contributed by atoms with Gasteiger partial charge in [-0.15, -0.1) is 0 Å². The summed E-state index contributed by atoms with van der Waals surface area (Å²) in [5, 5.41) is 0.234. The van der Waals surface area contributed by atoms with E-state index in [1.807, 2.05) is 27.7 Å². The van der Waals surface area contributed by atoms with Crippen LogP contribution < -0.4 is 0 Å². The summed E-state index contributed by atoms with van der Waals surface area (Å²) in [7, 11) is 0. The van der Waals surface area contributed by atoms with Crippen LogP contribution in [0.15, 0.2) is 0 Å². The average molecular weight is 260 g/mol. The number of rotatable bonds is 1. The summed E-state index contributed by atoms with van der Waals surface area (Å²) in [5.41, 5.74) is -0.426. The second-order valence-electron chi connectivity index (χ2n) is 5.65. The fourth-order valence-electron chi connectivity index (χ4n) is 1.92. The number of thiol groups is 1. The number of piperazine rings is 1. The highest BCUT2D eigenvalue weighted by Gasteiger charge is 2.31. The molecule has 0 spiro atoms. The third-order valence-electron chi connectivity index (χ3n) is 2.82. The normalized spacial score (nSPS) is 24.6. The first-order chi connectivity index (χ1) is 7.70. The van der Waals surface area contributed by atoms with Crippen molar-refractivity contribution in [3.8, 4) is 0 Å². The number of carbonyl (C=O) groups is 1. The van der Waals surface area contributed by atoms with Crippen LogP contribution in [0.3, 0.4) is 0 Å². The number of ether oxygens (including phenoxy) is 1. The van der Waals surface area contributed by atoms with Gasteiger partial charge in [0.05, 0.1) is 5.37 Å². The lowest BCUT2D eigenvalue weighted by Gasteiger charge is -2.41. The van der Waals surface area contributed by atoms with E-state index in [0.29, 0.717) is 6.54 Å². The van der Waals surface area contributed by atoms with E-state index in [1.165, 1.54) is 0 Å². The summed E-state index contributed by atoms with van der Waals surface area (Å²) in [6.07, 6.45) is -0.212. The second kappa shape index (κ2) is 5.48. The van der Waals surface area contributed by atoms with Crippen LogP contribution in [-0.4, -0.2) is 52.5 Å². The molecule has 1 amide bonds. The molecule has 1 heterocycles. The molecule has 1 aliphatic rings. The molecule has 4 nitrogen and oxygen atoms in total. The highest BCUT2D eigenvalue weighted by atomic mass is 32.1. The molecule has 1 rings (SSSR count). The van der Waals surface area contributed by atoms with Crippen LogP contribution >= 0.6 is 12.6 Å². The van der Waals surface area contributed by atoms with Crippen LogP contribution in [0, 0.1) is 0 Å². The minimum atomic E-state index is -0.426. The van der Waals surface area contributed by atoms with Crippen molar-refractivity contribution in [1.82, 2.24) is 9.80 Å². The molecule has 1 fully saturated rings. The Kier molecular flexibility index (Phi) is 4.72. The molecule has 0 aromatic heterocycles. The van der Waals surface area contributed by atoms with E-state index in [2.05, 4.69) is 24.5 Å². The predicted octanol–water partition coefficient (Wildman–Crippen LogP) is 2.20. The molecule has 0 N–H and O–H groups in total. The molecule has 1 aliphatic heterocycles. The van der Waals surface area contributed by atoms with Crippen molar-refractivity contribution in [3.05, 3.63) is 0 Å². The van der Waals surface area contributed by atoms with Crippen molar-refractivity contribution in [2.24, 2.45) is 0 Å². The van der Waals surface area contributed by atoms with Gasteiger partial charge in [0.1, 0.15) is 5.60 Å². The average Bonchev–Trinajstić information content (AvgIpc) is 2.14. The van der Waals surface area contributed by atoms with Gasteiger partial charge in [0, 0.05) is 25.7 Å². The first-order valence-corrected chi connectivity index (χ1v) is 6.64. The summed E-state index contributed by atoms with van der Waals surface area (Å²) < 4.78 is 5.39. The number of carbonyl (C=O) groups excluding carboxylic acids is 1. The van der Waals surface area contributed by atoms with Crippen LogP contribution in [0.2, 0.25) is 0 Å². The molecule has 0 aliphatic carbocycles. The number of hydrogen-bond donors (Lipinski definition) is 1. The van der Waals surface area contributed by atoms with Gasteiger partial charge in [-0.05, 0) is 34.6 Å². The molecule has 100 valence electrons. The number of hydrogen-bond acceptors (Lipinski definition) is 4. The van der Waals surface area contributed by atoms with E-state index in [9.17, 15) is 4.79 Å². The fourth-order valence-corrected chi connectivity index (χ4v) is 2.13. The lowest BCUT2D eigenvalue weighted by atomic mass is 10.2. The summed E-state index contributed by atoms with van der Waals surface area (Å²) in [6.45, 7) is 12.2. The zero-order valence-corrected chi connectivity index (χ0v) is 12.3. The largest absolute Gasteiger partial charge is 0.444 e. The molecule has 17 heavy (non-hydrogen) atoms. The molecular weight excluding hydrogens is 236 g/mol. The SMILES string of the molecule is CC1CN([C@H](C)S)CCN1C(=O)OC(C)(C)C. The Morgan fingerprint density at radius 3 is 2.41 bits per heavy atom. The standard InChI is InChI=1S/C12H24N2O2S/c1-9-8-13(10(2)17)6-7-14(9)11(15)16-12(3,4)5/h9-10,17H,6-8H2,1-5H3/t9?,10-/m0/s1. The summed E-state index contributed by atoms with van der Waals surface area (Å²) in [4.78, 5) is 16.0. The monoisotopic (exact) mass is 260 g/mol. The molecule has 2 atom stereocenters. The lowest BCUT2D eigenvalue weighted by molar-refractivity contribution is 0.000838. The molecule has 0 radical (unpaired) electrons. The van der Waals surface area contributed by atoms with Crippen molar-refractivity contribution in [2.45, 2.75) is 51.6 Å². The van der Waals surface area contributed by atoms with Gasteiger partial charge in [-0.3, -0.25) is 4.90 Å². The Hall–Kier alpha value is -0.420. The highest BCUT2D eigenvalue weighted by Crippen LogP contribution is 2.17. The van der Waals surface area contributed by atoms with Crippen molar-refractivity contribution in [1.29, 1.82) is 0 Å². The van der Waals surface area contributed by atoms with Gasteiger partial charge in [0.15, 0.2) is 0 Å². The zero-order valence-electron chi connectivity index (χ0n) is 11.4. The van der Waals surface area contributed by atoms with Crippen molar-refractivity contribution >= 4 is 18.7 Å². The van der Waals surface area contributed by atoms with Gasteiger partial charge in [-0.25, -0.2) is 4.79 Å². The van der Waals surface area contributed by atoms with E-state index in [4.69, 9.17) is 4.74 Å². The van der Waals surface area contributed by atoms with Crippen molar-refractivity contribution in [3.63, 3.8) is 0 Å². The van der Waals surface area contributed by atoms with E-state index in [-0.39, 0.29) is 17.5 Å². The number of nitrogens with zero attached hydrogens (tertiary/aromatic N) is 2. The first-order valence-electron chi connectivity index (χ1n) is 6.12. The zero-order chi connectivity index (χ0) is 13.2. The maximum atomic E-state index is 12.0. The van der Waals surface area contributed by atoms with Crippen LogP contribution in [0.4, 0.5) is 4.79 Å². The van der Waals surface area contributed by atoms with Crippen LogP contribution in [0.25, 0.3) is 0 Å². The summed E-state index contributed by atoms with van der Waals surface area (Å²) in [5.74, 6) is 0. The van der Waals surface area contributed by atoms with Gasteiger partial charge in [0.2, 0.25) is 0 Å². The molecule has 0 aromatic rings. The van der Waals surface area contributed by atoms with E-state index in [0.717, 1.165) is 13.1 Å². The summed E-state index contributed by atoms with van der Waals surface area (Å²) >= 11 is 4.42. The second-order valence-corrected chi connectivity index (χ2v) is 6.40. The van der Waals surface area contributed by atoms with Crippen molar-refractivity contribution < 1.29 is 9.53 Å². The van der Waals surface area contributed by atoms with Gasteiger partial charge < -0.3 is 9.64 Å². The van der Waals surface area contributed by atoms with Crippen LogP contribution in [0.5, 0.6) is 0 Å². The van der Waals surface area contributed by atoms with Gasteiger partial charge in [0.25, 0.3) is 0 Å². The molecule has 5 heteroatoms. The lowest BCUT2D eigenvalue weighted by Crippen LogP contribution is -2.56. The van der Waals surface area contributed by atoms with Gasteiger partial charge >= 0.3 is 6.09 Å². The Bertz CT molecular complexity index is 276. The first kappa shape index (κ1) is 14.6. The maximum Gasteiger partial charge on any atom is 0.410 e. The fraction of sp³-hybridized carbons (Fsp3) is 0.917. The maximum absolute atomic E-state index is 12.0. The minimum absolute atomic E-state index is 0.174.